The van der Waals surface area contributed by atoms with Gasteiger partial charge >= 0.3 is 0 Å². The number of hydrogen-bond donors (Lipinski definition) is 0. The first-order valence-electron chi connectivity index (χ1n) is 6.31. The average molecular weight is 372 g/mol. The minimum absolute atomic E-state index is 0.331. The highest BCUT2D eigenvalue weighted by molar-refractivity contribution is 9.25. The normalized spacial score (nSPS) is 12.6. The molecule has 0 aliphatic carbocycles. The summed E-state index contributed by atoms with van der Waals surface area (Å²) in [5.41, 5.74) is 0.331. The third-order valence-electron chi connectivity index (χ3n) is 2.60. The first kappa shape index (κ1) is 17.1. The zero-order valence-electron chi connectivity index (χ0n) is 10.4. The van der Waals surface area contributed by atoms with Gasteiger partial charge < -0.3 is 0 Å². The predicted octanol–water partition coefficient (Wildman–Crippen LogP) is 6.53. The molecule has 0 radical (unpaired) electrons. The average Bonchev–Trinajstić information content (AvgIpc) is 2.30. The fourth-order valence-electron chi connectivity index (χ4n) is 1.50. The SMILES string of the molecule is CCCCCCB(Br)/C(Cl)=C(/Br)CCCC. The van der Waals surface area contributed by atoms with Gasteiger partial charge in [0.05, 0.1) is 0 Å². The van der Waals surface area contributed by atoms with E-state index in [0.29, 0.717) is 5.54 Å². The van der Waals surface area contributed by atoms with Gasteiger partial charge in [-0.3, -0.25) is 0 Å². The van der Waals surface area contributed by atoms with Crippen LogP contribution in [-0.4, -0.2) is 5.54 Å². The van der Waals surface area contributed by atoms with E-state index in [-0.39, 0.29) is 0 Å². The molecule has 0 saturated carbocycles. The van der Waals surface area contributed by atoms with Gasteiger partial charge in [0.25, 0.3) is 5.54 Å². The van der Waals surface area contributed by atoms with Crippen LogP contribution in [0.25, 0.3) is 0 Å². The summed E-state index contributed by atoms with van der Waals surface area (Å²) in [5.74, 6) is 0. The van der Waals surface area contributed by atoms with Gasteiger partial charge in [-0.05, 0) is 12.8 Å². The molecule has 0 rings (SSSR count). The highest BCUT2D eigenvalue weighted by Gasteiger charge is 2.16. The van der Waals surface area contributed by atoms with E-state index >= 15 is 0 Å². The van der Waals surface area contributed by atoms with Crippen LogP contribution in [0.4, 0.5) is 0 Å². The fraction of sp³-hybridized carbons (Fsp3) is 0.833. The molecular formula is C12H22BBr2Cl. The van der Waals surface area contributed by atoms with Crippen molar-refractivity contribution in [3.63, 3.8) is 0 Å². The Morgan fingerprint density at radius 1 is 1.06 bits per heavy atom. The van der Waals surface area contributed by atoms with Crippen LogP contribution in [0.3, 0.4) is 0 Å². The van der Waals surface area contributed by atoms with Crippen LogP contribution in [0.1, 0.15) is 58.8 Å². The summed E-state index contributed by atoms with van der Waals surface area (Å²) in [6, 6.07) is 0. The Hall–Kier alpha value is 1.05. The van der Waals surface area contributed by atoms with Crippen LogP contribution in [0.2, 0.25) is 6.32 Å². The van der Waals surface area contributed by atoms with Gasteiger partial charge in [0.15, 0.2) is 0 Å². The Morgan fingerprint density at radius 2 is 1.69 bits per heavy atom. The van der Waals surface area contributed by atoms with Crippen LogP contribution >= 0.6 is 43.3 Å². The smallest absolute Gasteiger partial charge is 0.149 e. The van der Waals surface area contributed by atoms with Gasteiger partial charge in [-0.2, -0.15) is 0 Å². The molecule has 4 heteroatoms. The quantitative estimate of drug-likeness (QED) is 0.319. The first-order valence-corrected chi connectivity index (χ1v) is 8.40. The maximum atomic E-state index is 6.32. The minimum atomic E-state index is 0.331. The molecule has 0 N–H and O–H groups in total. The second-order valence-corrected chi connectivity index (χ2v) is 6.64. The van der Waals surface area contributed by atoms with E-state index in [1.807, 2.05) is 0 Å². The van der Waals surface area contributed by atoms with Crippen molar-refractivity contribution in [2.24, 2.45) is 0 Å². The molecule has 0 heterocycles. The first-order chi connectivity index (χ1) is 7.63. The molecule has 0 spiro atoms. The van der Waals surface area contributed by atoms with Crippen LogP contribution in [0.5, 0.6) is 0 Å². The van der Waals surface area contributed by atoms with E-state index in [9.17, 15) is 0 Å². The molecule has 16 heavy (non-hydrogen) atoms. The molecule has 0 aliphatic heterocycles. The van der Waals surface area contributed by atoms with Crippen molar-refractivity contribution >= 4 is 48.8 Å². The molecule has 0 nitrogen and oxygen atoms in total. The Morgan fingerprint density at radius 3 is 2.25 bits per heavy atom. The number of hydrogen-bond acceptors (Lipinski definition) is 0. The lowest BCUT2D eigenvalue weighted by Crippen LogP contribution is -2.05. The summed E-state index contributed by atoms with van der Waals surface area (Å²) in [7, 11) is 0. The van der Waals surface area contributed by atoms with E-state index in [1.165, 1.54) is 43.0 Å². The molecule has 0 amide bonds. The molecule has 0 saturated heterocycles. The summed E-state index contributed by atoms with van der Waals surface area (Å²) < 4.78 is 1.17. The van der Waals surface area contributed by atoms with Crippen molar-refractivity contribution in [1.82, 2.24) is 0 Å². The number of halogens is 3. The summed E-state index contributed by atoms with van der Waals surface area (Å²) >= 11 is 13.6. The van der Waals surface area contributed by atoms with Crippen LogP contribution in [0, 0.1) is 0 Å². The minimum Gasteiger partial charge on any atom is -0.149 e. The highest BCUT2D eigenvalue weighted by atomic mass is 79.9. The predicted molar refractivity (Wildman–Crippen MR) is 85.0 cm³/mol. The van der Waals surface area contributed by atoms with Crippen molar-refractivity contribution in [2.45, 2.75) is 65.1 Å². The fourth-order valence-corrected chi connectivity index (χ4v) is 3.17. The maximum Gasteiger partial charge on any atom is 0.269 e. The Labute approximate surface area is 123 Å². The summed E-state index contributed by atoms with van der Waals surface area (Å²) in [4.78, 5) is 0.963. The summed E-state index contributed by atoms with van der Waals surface area (Å²) in [5, 5.41) is 0. The van der Waals surface area contributed by atoms with E-state index in [0.717, 1.165) is 17.7 Å². The van der Waals surface area contributed by atoms with Gasteiger partial charge in [0.2, 0.25) is 0 Å². The van der Waals surface area contributed by atoms with Crippen LogP contribution in [-0.2, 0) is 0 Å². The third kappa shape index (κ3) is 8.19. The molecular weight excluding hydrogens is 350 g/mol. The molecule has 0 aromatic carbocycles. The van der Waals surface area contributed by atoms with Crippen molar-refractivity contribution in [2.75, 3.05) is 0 Å². The van der Waals surface area contributed by atoms with Crippen molar-refractivity contribution in [3.05, 3.63) is 9.41 Å². The molecule has 0 aliphatic rings. The van der Waals surface area contributed by atoms with Crippen LogP contribution in [0.15, 0.2) is 9.41 Å². The van der Waals surface area contributed by atoms with E-state index in [2.05, 4.69) is 45.5 Å². The molecule has 0 unspecified atom stereocenters. The summed E-state index contributed by atoms with van der Waals surface area (Å²) in [6.45, 7) is 4.43. The Bertz CT molecular complexity index is 207. The van der Waals surface area contributed by atoms with Gasteiger partial charge in [-0.25, -0.2) is 0 Å². The van der Waals surface area contributed by atoms with E-state index in [4.69, 9.17) is 11.6 Å². The van der Waals surface area contributed by atoms with Gasteiger partial charge in [-0.1, -0.05) is 79.8 Å². The molecule has 94 valence electrons. The number of unbranched alkanes of at least 4 members (excludes halogenated alkanes) is 4. The number of rotatable bonds is 9. The van der Waals surface area contributed by atoms with Gasteiger partial charge in [0.1, 0.15) is 0 Å². The molecule has 0 aromatic heterocycles. The monoisotopic (exact) mass is 370 g/mol. The van der Waals surface area contributed by atoms with Crippen molar-refractivity contribution < 1.29 is 0 Å². The Balaban J connectivity index is 3.90. The zero-order chi connectivity index (χ0) is 12.4. The lowest BCUT2D eigenvalue weighted by Gasteiger charge is -2.08. The summed E-state index contributed by atoms with van der Waals surface area (Å²) in [6.07, 6.45) is 9.81. The van der Waals surface area contributed by atoms with E-state index in [1.54, 1.807) is 0 Å². The topological polar surface area (TPSA) is 0 Å². The van der Waals surface area contributed by atoms with Crippen LogP contribution < -0.4 is 0 Å². The second kappa shape index (κ2) is 11.2. The number of allylic oxidation sites excluding steroid dienone is 1. The molecule has 0 aromatic rings. The largest absolute Gasteiger partial charge is 0.269 e. The van der Waals surface area contributed by atoms with Crippen molar-refractivity contribution in [1.29, 1.82) is 0 Å². The highest BCUT2D eigenvalue weighted by Crippen LogP contribution is 2.28. The third-order valence-corrected chi connectivity index (χ3v) is 5.32. The Kier molecular flexibility index (Phi) is 11.9. The maximum absolute atomic E-state index is 6.32. The molecule has 0 atom stereocenters. The molecule has 0 bridgehead atoms. The van der Waals surface area contributed by atoms with Crippen molar-refractivity contribution in [3.8, 4) is 0 Å². The lowest BCUT2D eigenvalue weighted by atomic mass is 9.71. The molecule has 0 fully saturated rings. The standard InChI is InChI=1S/C12H22BBr2Cl/c1-3-5-7-8-10-13(15)12(16)11(14)9-6-4-2/h3-10H2,1-2H3/b12-11-. The second-order valence-electron chi connectivity index (χ2n) is 4.17. The van der Waals surface area contributed by atoms with E-state index < -0.39 is 0 Å². The van der Waals surface area contributed by atoms with Gasteiger partial charge in [0, 0.05) is 9.41 Å². The zero-order valence-corrected chi connectivity index (χ0v) is 14.3. The van der Waals surface area contributed by atoms with Gasteiger partial charge in [-0.15, -0.1) is 15.8 Å². The lowest BCUT2D eigenvalue weighted by molar-refractivity contribution is 0.700.